The summed E-state index contributed by atoms with van der Waals surface area (Å²) in [6, 6.07) is 0.621. The molecule has 1 aliphatic carbocycles. The molecule has 0 bridgehead atoms. The van der Waals surface area contributed by atoms with Crippen LogP contribution < -0.4 is 5.32 Å². The molecule has 0 aromatic carbocycles. The van der Waals surface area contributed by atoms with E-state index in [9.17, 15) is 5.11 Å². The Morgan fingerprint density at radius 1 is 1.17 bits per heavy atom. The predicted molar refractivity (Wildman–Crippen MR) is 78.7 cm³/mol. The molecule has 0 aliphatic heterocycles. The van der Waals surface area contributed by atoms with Crippen molar-refractivity contribution in [3.63, 3.8) is 0 Å². The predicted octanol–water partition coefficient (Wildman–Crippen LogP) is 3.73. The standard InChI is InChI=1S/C16H33NO/c1-5-13(6-2)15(18)12-17-14-8-7-10-16(3,4)11-9-14/h13-15,17-18H,5-12H2,1-4H3. The Morgan fingerprint density at radius 3 is 2.44 bits per heavy atom. The third-order valence-corrected chi connectivity index (χ3v) is 4.78. The summed E-state index contributed by atoms with van der Waals surface area (Å²) in [5.41, 5.74) is 0.518. The molecule has 0 heterocycles. The van der Waals surface area contributed by atoms with Crippen molar-refractivity contribution in [2.24, 2.45) is 11.3 Å². The lowest BCUT2D eigenvalue weighted by molar-refractivity contribution is 0.0974. The molecule has 0 spiro atoms. The monoisotopic (exact) mass is 255 g/mol. The smallest absolute Gasteiger partial charge is 0.0692 e. The fourth-order valence-corrected chi connectivity index (χ4v) is 3.15. The van der Waals surface area contributed by atoms with Gasteiger partial charge in [-0.1, -0.05) is 47.0 Å². The molecular formula is C16H33NO. The first-order chi connectivity index (χ1) is 8.48. The van der Waals surface area contributed by atoms with Gasteiger partial charge in [-0.2, -0.15) is 0 Å². The van der Waals surface area contributed by atoms with E-state index in [1.807, 2.05) is 0 Å². The maximum Gasteiger partial charge on any atom is 0.0692 e. The summed E-state index contributed by atoms with van der Waals surface area (Å²) >= 11 is 0. The molecule has 0 aromatic rings. The zero-order valence-electron chi connectivity index (χ0n) is 12.8. The summed E-state index contributed by atoms with van der Waals surface area (Å²) in [5, 5.41) is 13.7. The van der Waals surface area contributed by atoms with Crippen LogP contribution in [0.1, 0.15) is 72.6 Å². The third-order valence-electron chi connectivity index (χ3n) is 4.78. The van der Waals surface area contributed by atoms with Gasteiger partial charge in [0, 0.05) is 12.6 Å². The lowest BCUT2D eigenvalue weighted by atomic mass is 9.85. The minimum Gasteiger partial charge on any atom is -0.392 e. The normalized spacial score (nSPS) is 26.0. The fourth-order valence-electron chi connectivity index (χ4n) is 3.15. The molecule has 2 nitrogen and oxygen atoms in total. The highest BCUT2D eigenvalue weighted by molar-refractivity contribution is 4.81. The van der Waals surface area contributed by atoms with Crippen LogP contribution in [0, 0.1) is 11.3 Å². The van der Waals surface area contributed by atoms with E-state index in [4.69, 9.17) is 0 Å². The summed E-state index contributed by atoms with van der Waals surface area (Å²) in [7, 11) is 0. The van der Waals surface area contributed by atoms with Gasteiger partial charge >= 0.3 is 0 Å². The average Bonchev–Trinajstić information content (AvgIpc) is 2.49. The largest absolute Gasteiger partial charge is 0.392 e. The van der Waals surface area contributed by atoms with Crippen LogP contribution in [0.5, 0.6) is 0 Å². The Kier molecular flexibility index (Phi) is 6.65. The lowest BCUT2D eigenvalue weighted by Gasteiger charge is -2.25. The van der Waals surface area contributed by atoms with Crippen molar-refractivity contribution >= 4 is 0 Å². The van der Waals surface area contributed by atoms with Gasteiger partial charge in [-0.05, 0) is 37.0 Å². The van der Waals surface area contributed by atoms with Crippen LogP contribution in [0.15, 0.2) is 0 Å². The molecule has 108 valence electrons. The van der Waals surface area contributed by atoms with Crippen LogP contribution in [0.25, 0.3) is 0 Å². The SMILES string of the molecule is CCC(CC)C(O)CNC1CCCC(C)(C)CC1. The Labute approximate surface area is 114 Å². The molecule has 0 amide bonds. The second-order valence-corrected chi connectivity index (χ2v) is 6.84. The Hall–Kier alpha value is -0.0800. The molecule has 2 unspecified atom stereocenters. The van der Waals surface area contributed by atoms with Crippen LogP contribution in [0.2, 0.25) is 0 Å². The van der Waals surface area contributed by atoms with E-state index in [1.165, 1.54) is 32.1 Å². The highest BCUT2D eigenvalue weighted by Crippen LogP contribution is 2.33. The first-order valence-corrected chi connectivity index (χ1v) is 7.90. The maximum atomic E-state index is 10.2. The average molecular weight is 255 g/mol. The summed E-state index contributed by atoms with van der Waals surface area (Å²) in [4.78, 5) is 0. The Bertz CT molecular complexity index is 223. The van der Waals surface area contributed by atoms with Crippen molar-refractivity contribution in [1.29, 1.82) is 0 Å². The molecule has 0 aromatic heterocycles. The number of hydrogen-bond acceptors (Lipinski definition) is 2. The molecule has 1 saturated carbocycles. The molecule has 1 rings (SSSR count). The van der Waals surface area contributed by atoms with Crippen LogP contribution in [-0.2, 0) is 0 Å². The van der Waals surface area contributed by atoms with E-state index in [0.29, 0.717) is 17.4 Å². The summed E-state index contributed by atoms with van der Waals surface area (Å²) in [6.07, 6.45) is 8.52. The van der Waals surface area contributed by atoms with Gasteiger partial charge in [0.05, 0.1) is 6.10 Å². The molecule has 2 N–H and O–H groups in total. The minimum atomic E-state index is -0.170. The van der Waals surface area contributed by atoms with E-state index < -0.39 is 0 Å². The first kappa shape index (κ1) is 16.0. The first-order valence-electron chi connectivity index (χ1n) is 7.90. The highest BCUT2D eigenvalue weighted by Gasteiger charge is 2.25. The van der Waals surface area contributed by atoms with Crippen molar-refractivity contribution in [2.45, 2.75) is 84.8 Å². The van der Waals surface area contributed by atoms with E-state index in [1.54, 1.807) is 0 Å². The quantitative estimate of drug-likeness (QED) is 0.709. The van der Waals surface area contributed by atoms with Crippen LogP contribution in [-0.4, -0.2) is 23.8 Å². The summed E-state index contributed by atoms with van der Waals surface area (Å²) < 4.78 is 0. The number of aliphatic hydroxyl groups excluding tert-OH is 1. The maximum absolute atomic E-state index is 10.2. The minimum absolute atomic E-state index is 0.170. The van der Waals surface area contributed by atoms with Gasteiger partial charge in [0.25, 0.3) is 0 Å². The molecule has 18 heavy (non-hydrogen) atoms. The van der Waals surface area contributed by atoms with Gasteiger partial charge in [0.15, 0.2) is 0 Å². The molecule has 2 atom stereocenters. The van der Waals surface area contributed by atoms with Gasteiger partial charge in [0.1, 0.15) is 0 Å². The van der Waals surface area contributed by atoms with Crippen molar-refractivity contribution in [3.8, 4) is 0 Å². The Balaban J connectivity index is 2.30. The van der Waals surface area contributed by atoms with Crippen molar-refractivity contribution in [2.75, 3.05) is 6.54 Å². The number of rotatable bonds is 6. The van der Waals surface area contributed by atoms with Gasteiger partial charge in [-0.3, -0.25) is 0 Å². The van der Waals surface area contributed by atoms with Gasteiger partial charge < -0.3 is 10.4 Å². The number of aliphatic hydroxyl groups is 1. The van der Waals surface area contributed by atoms with Crippen molar-refractivity contribution in [1.82, 2.24) is 5.32 Å². The van der Waals surface area contributed by atoms with Gasteiger partial charge in [-0.25, -0.2) is 0 Å². The molecule has 2 heteroatoms. The van der Waals surface area contributed by atoms with E-state index >= 15 is 0 Å². The van der Waals surface area contributed by atoms with E-state index in [-0.39, 0.29) is 6.10 Å². The number of hydrogen-bond donors (Lipinski definition) is 2. The van der Waals surface area contributed by atoms with E-state index in [2.05, 4.69) is 33.0 Å². The number of nitrogens with one attached hydrogen (secondary N) is 1. The van der Waals surface area contributed by atoms with Crippen molar-refractivity contribution < 1.29 is 5.11 Å². The topological polar surface area (TPSA) is 32.3 Å². The summed E-state index contributed by atoms with van der Waals surface area (Å²) in [6.45, 7) is 9.89. The third kappa shape index (κ3) is 5.27. The molecule has 0 saturated heterocycles. The highest BCUT2D eigenvalue weighted by atomic mass is 16.3. The van der Waals surface area contributed by atoms with Crippen LogP contribution in [0.4, 0.5) is 0 Å². The van der Waals surface area contributed by atoms with E-state index in [0.717, 1.165) is 19.4 Å². The second kappa shape index (κ2) is 7.49. The molecular weight excluding hydrogens is 222 g/mol. The van der Waals surface area contributed by atoms with Gasteiger partial charge in [0.2, 0.25) is 0 Å². The summed E-state index contributed by atoms with van der Waals surface area (Å²) in [5.74, 6) is 0.458. The molecule has 0 radical (unpaired) electrons. The molecule has 1 aliphatic rings. The van der Waals surface area contributed by atoms with Crippen molar-refractivity contribution in [3.05, 3.63) is 0 Å². The lowest BCUT2D eigenvalue weighted by Crippen LogP contribution is -2.38. The van der Waals surface area contributed by atoms with Gasteiger partial charge in [-0.15, -0.1) is 0 Å². The zero-order chi connectivity index (χ0) is 13.6. The molecule has 1 fully saturated rings. The van der Waals surface area contributed by atoms with Crippen LogP contribution >= 0.6 is 0 Å². The fraction of sp³-hybridized carbons (Fsp3) is 1.00. The second-order valence-electron chi connectivity index (χ2n) is 6.84. The van der Waals surface area contributed by atoms with Crippen LogP contribution in [0.3, 0.4) is 0 Å². The Morgan fingerprint density at radius 2 is 1.83 bits per heavy atom. The zero-order valence-corrected chi connectivity index (χ0v) is 12.8.